The first-order valence-corrected chi connectivity index (χ1v) is 14.4. The summed E-state index contributed by atoms with van der Waals surface area (Å²) in [7, 11) is 0. The average molecular weight is 559 g/mol. The molecule has 1 N–H and O–H groups in total. The number of rotatable bonds is 7. The Bertz CT molecular complexity index is 1910. The number of benzene rings is 3. The fourth-order valence-corrected chi connectivity index (χ4v) is 6.09. The summed E-state index contributed by atoms with van der Waals surface area (Å²) in [5, 5.41) is 9.26. The molecular weight excluding hydrogens is 524 g/mol. The lowest BCUT2D eigenvalue weighted by Crippen LogP contribution is -2.49. The number of para-hydroxylation sites is 1. The second kappa shape index (κ2) is 11.1. The molecule has 0 aliphatic carbocycles. The number of H-pyrrole nitrogens is 1. The number of hydrogen-bond donors (Lipinski definition) is 1. The molecule has 0 spiro atoms. The van der Waals surface area contributed by atoms with Gasteiger partial charge in [-0.05, 0) is 71.5 Å². The maximum absolute atomic E-state index is 14.0. The fraction of sp³-hybridized carbons (Fsp3) is 0.235. The van der Waals surface area contributed by atoms with Gasteiger partial charge in [-0.1, -0.05) is 56.8 Å². The first kappa shape index (κ1) is 27.2. The fourth-order valence-electron chi connectivity index (χ4n) is 6.09. The van der Waals surface area contributed by atoms with Gasteiger partial charge in [0, 0.05) is 37.0 Å². The number of aromatic nitrogens is 4. The third-order valence-electron chi connectivity index (χ3n) is 8.18. The van der Waals surface area contributed by atoms with E-state index >= 15 is 0 Å². The van der Waals surface area contributed by atoms with Crippen molar-refractivity contribution in [3.63, 3.8) is 0 Å². The number of aromatic amines is 1. The summed E-state index contributed by atoms with van der Waals surface area (Å²) in [6, 6.07) is 16.4. The molecule has 1 aliphatic rings. The summed E-state index contributed by atoms with van der Waals surface area (Å²) in [5.74, 6) is 0.538. The lowest BCUT2D eigenvalue weighted by atomic mass is 9.91. The molecule has 0 radical (unpaired) electrons. The molecule has 5 aromatic rings. The predicted octanol–water partition coefficient (Wildman–Crippen LogP) is 5.67. The van der Waals surface area contributed by atoms with Gasteiger partial charge in [-0.25, -0.2) is 4.79 Å². The number of nitrogens with zero attached hydrogens (tertiary/aromatic N) is 5. The zero-order valence-electron chi connectivity index (χ0n) is 24.1. The van der Waals surface area contributed by atoms with E-state index in [-0.39, 0.29) is 11.6 Å². The van der Waals surface area contributed by atoms with Crippen LogP contribution in [-0.4, -0.2) is 56.7 Å². The van der Waals surface area contributed by atoms with Crippen molar-refractivity contribution in [1.82, 2.24) is 24.6 Å². The normalized spacial score (nSPS) is 13.6. The molecule has 0 unspecified atom stereocenters. The Kier molecular flexibility index (Phi) is 7.20. The van der Waals surface area contributed by atoms with Gasteiger partial charge < -0.3 is 9.80 Å². The van der Waals surface area contributed by atoms with Crippen molar-refractivity contribution in [3.8, 4) is 16.8 Å². The first-order chi connectivity index (χ1) is 20.4. The van der Waals surface area contributed by atoms with Gasteiger partial charge in [0.2, 0.25) is 5.91 Å². The van der Waals surface area contributed by atoms with Crippen LogP contribution in [0, 0.1) is 6.92 Å². The van der Waals surface area contributed by atoms with Gasteiger partial charge >= 0.3 is 5.69 Å². The van der Waals surface area contributed by atoms with E-state index in [9.17, 15) is 9.59 Å². The number of piperazine rings is 1. The molecule has 1 saturated heterocycles. The minimum Gasteiger partial charge on any atom is -0.352 e. The molecule has 2 aromatic heterocycles. The van der Waals surface area contributed by atoms with Crippen molar-refractivity contribution in [1.29, 1.82) is 0 Å². The quantitative estimate of drug-likeness (QED) is 0.260. The van der Waals surface area contributed by atoms with Crippen LogP contribution in [0.4, 0.5) is 5.82 Å². The smallest absolute Gasteiger partial charge is 0.352 e. The van der Waals surface area contributed by atoms with E-state index in [0.29, 0.717) is 32.0 Å². The van der Waals surface area contributed by atoms with Gasteiger partial charge in [0.05, 0.1) is 22.9 Å². The highest BCUT2D eigenvalue weighted by Crippen LogP contribution is 2.38. The van der Waals surface area contributed by atoms with E-state index in [1.165, 1.54) is 6.08 Å². The van der Waals surface area contributed by atoms with Crippen molar-refractivity contribution in [3.05, 3.63) is 101 Å². The maximum Gasteiger partial charge on any atom is 0.354 e. The van der Waals surface area contributed by atoms with Crippen LogP contribution in [0.2, 0.25) is 0 Å². The number of fused-ring (bicyclic) bond motifs is 2. The highest BCUT2D eigenvalue weighted by Gasteiger charge is 2.25. The molecule has 6 rings (SSSR count). The lowest BCUT2D eigenvalue weighted by Gasteiger charge is -2.35. The molecule has 0 saturated carbocycles. The summed E-state index contributed by atoms with van der Waals surface area (Å²) in [6.07, 6.45) is 6.85. The minimum atomic E-state index is -0.332. The van der Waals surface area contributed by atoms with E-state index in [1.807, 2.05) is 36.5 Å². The minimum absolute atomic E-state index is 0.0854. The highest BCUT2D eigenvalue weighted by atomic mass is 16.2. The third kappa shape index (κ3) is 4.59. The van der Waals surface area contributed by atoms with Crippen LogP contribution in [0.25, 0.3) is 44.7 Å². The van der Waals surface area contributed by atoms with Gasteiger partial charge in [0.25, 0.3) is 0 Å². The van der Waals surface area contributed by atoms with Crippen molar-refractivity contribution in [2.75, 3.05) is 31.1 Å². The topological polar surface area (TPSA) is 87.1 Å². The van der Waals surface area contributed by atoms with Crippen LogP contribution in [0.1, 0.15) is 30.0 Å². The number of carbonyl (C=O) groups is 1. The molecule has 42 heavy (non-hydrogen) atoms. The summed E-state index contributed by atoms with van der Waals surface area (Å²) in [4.78, 5) is 34.8. The van der Waals surface area contributed by atoms with E-state index < -0.39 is 0 Å². The Morgan fingerprint density at radius 2 is 1.83 bits per heavy atom. The number of amides is 1. The average Bonchev–Trinajstić information content (AvgIpc) is 3.49. The summed E-state index contributed by atoms with van der Waals surface area (Å²) in [5.41, 5.74) is 7.38. The van der Waals surface area contributed by atoms with Gasteiger partial charge in [-0.15, -0.1) is 0 Å². The molecule has 0 bridgehead atoms. The van der Waals surface area contributed by atoms with Gasteiger partial charge in [0.1, 0.15) is 5.82 Å². The van der Waals surface area contributed by atoms with Crippen molar-refractivity contribution < 1.29 is 4.79 Å². The Labute approximate surface area is 244 Å². The lowest BCUT2D eigenvalue weighted by molar-refractivity contribution is -0.126. The Morgan fingerprint density at radius 1 is 1.05 bits per heavy atom. The maximum atomic E-state index is 14.0. The van der Waals surface area contributed by atoms with Gasteiger partial charge in [-0.2, -0.15) is 10.1 Å². The van der Waals surface area contributed by atoms with E-state index in [1.54, 1.807) is 9.47 Å². The molecule has 0 atom stereocenters. The molecule has 1 fully saturated rings. The second-order valence-corrected chi connectivity index (χ2v) is 10.7. The van der Waals surface area contributed by atoms with Gasteiger partial charge in [0.15, 0.2) is 0 Å². The molecule has 3 heterocycles. The van der Waals surface area contributed by atoms with Crippen LogP contribution < -0.4 is 10.6 Å². The van der Waals surface area contributed by atoms with Crippen LogP contribution in [0.5, 0.6) is 0 Å². The number of anilines is 1. The van der Waals surface area contributed by atoms with Crippen molar-refractivity contribution >= 4 is 39.6 Å². The molecular formula is C34H34N6O2. The standard InChI is InChI=1S/C34H34N6O2/c1-5-10-24-11-8-9-12-29(24)40-30-20-25(32-22(4)13-14-28-27(32)21-35-37-28)23(6-2)19-26(30)33(36-34(40)42)39-17-15-38(16-18-39)31(41)7-3/h6-9,11-14,19-21H,2-3,5,10,15-18H2,1,4H3,(H,35,37). The van der Waals surface area contributed by atoms with E-state index in [2.05, 4.69) is 66.4 Å². The zero-order chi connectivity index (χ0) is 29.4. The third-order valence-corrected chi connectivity index (χ3v) is 8.18. The van der Waals surface area contributed by atoms with E-state index in [0.717, 1.165) is 68.2 Å². The van der Waals surface area contributed by atoms with Crippen LogP contribution in [-0.2, 0) is 11.2 Å². The van der Waals surface area contributed by atoms with Crippen LogP contribution in [0.15, 0.2) is 78.8 Å². The zero-order valence-corrected chi connectivity index (χ0v) is 24.1. The Hall–Kier alpha value is -4.98. The Morgan fingerprint density at radius 3 is 2.57 bits per heavy atom. The van der Waals surface area contributed by atoms with Crippen molar-refractivity contribution in [2.24, 2.45) is 0 Å². The molecule has 8 heteroatoms. The van der Waals surface area contributed by atoms with Crippen LogP contribution >= 0.6 is 0 Å². The van der Waals surface area contributed by atoms with Crippen molar-refractivity contribution in [2.45, 2.75) is 26.7 Å². The largest absolute Gasteiger partial charge is 0.354 e. The van der Waals surface area contributed by atoms with E-state index in [4.69, 9.17) is 4.98 Å². The molecule has 8 nitrogen and oxygen atoms in total. The second-order valence-electron chi connectivity index (χ2n) is 10.7. The summed E-state index contributed by atoms with van der Waals surface area (Å²) >= 11 is 0. The molecule has 1 amide bonds. The summed E-state index contributed by atoms with van der Waals surface area (Å²) < 4.78 is 1.75. The molecule has 3 aromatic carbocycles. The predicted molar refractivity (Wildman–Crippen MR) is 170 cm³/mol. The number of carbonyl (C=O) groups excluding carboxylic acids is 1. The molecule has 212 valence electrons. The van der Waals surface area contributed by atoms with Crippen LogP contribution in [0.3, 0.4) is 0 Å². The SMILES string of the molecule is C=CC(=O)N1CCN(c2nc(=O)n(-c3ccccc3CCC)c3cc(-c4c(C)ccc5[nH]ncc45)c(C=C)cc23)CC1. The molecule has 1 aliphatic heterocycles. The number of nitrogens with one attached hydrogen (secondary N) is 1. The monoisotopic (exact) mass is 558 g/mol. The Balaban J connectivity index is 1.64. The number of aryl methyl sites for hydroxylation is 2. The number of hydrogen-bond acceptors (Lipinski definition) is 5. The first-order valence-electron chi connectivity index (χ1n) is 14.4. The van der Waals surface area contributed by atoms with Gasteiger partial charge in [-0.3, -0.25) is 14.5 Å². The highest BCUT2D eigenvalue weighted by molar-refractivity contribution is 6.03. The summed E-state index contributed by atoms with van der Waals surface area (Å²) in [6.45, 7) is 14.2.